The lowest BCUT2D eigenvalue weighted by atomic mass is 10.2. The van der Waals surface area contributed by atoms with E-state index < -0.39 is 53.3 Å². The molecule has 1 atom stereocenters. The molecule has 1 amide bonds. The molecule has 0 saturated carbocycles. The van der Waals surface area contributed by atoms with E-state index >= 15 is 0 Å². The zero-order valence-corrected chi connectivity index (χ0v) is 27.2. The van der Waals surface area contributed by atoms with Gasteiger partial charge in [0.25, 0.3) is 0 Å². The molecule has 48 heavy (non-hydrogen) atoms. The van der Waals surface area contributed by atoms with Gasteiger partial charge >= 0.3 is 5.97 Å². The quantitative estimate of drug-likeness (QED) is 0.0290. The monoisotopic (exact) mass is 706 g/mol. The third-order valence-corrected chi connectivity index (χ3v) is 5.78. The molecule has 18 heteroatoms. The summed E-state index contributed by atoms with van der Waals surface area (Å²) < 4.78 is 114. The molecule has 278 valence electrons. The van der Waals surface area contributed by atoms with E-state index in [9.17, 15) is 31.5 Å². The van der Waals surface area contributed by atoms with Gasteiger partial charge in [-0.05, 0) is 6.42 Å². The second-order valence-electron chi connectivity index (χ2n) is 9.75. The Bertz CT molecular complexity index is 979. The number of benzene rings is 1. The second-order valence-corrected chi connectivity index (χ2v) is 9.75. The summed E-state index contributed by atoms with van der Waals surface area (Å²) in [5.74, 6) is -14.6. The third-order valence-electron chi connectivity index (χ3n) is 5.78. The zero-order valence-electron chi connectivity index (χ0n) is 27.2. The molecular formula is C30H47F5N2O11. The number of nitrogens with one attached hydrogen (secondary N) is 1. The normalized spacial score (nSPS) is 12.0. The Labute approximate surface area is 276 Å². The third kappa shape index (κ3) is 20.1. The van der Waals surface area contributed by atoms with Crippen molar-refractivity contribution >= 4 is 11.9 Å². The smallest absolute Gasteiger partial charge is 0.313 e. The molecule has 1 unspecified atom stereocenters. The van der Waals surface area contributed by atoms with Gasteiger partial charge in [-0.15, -0.1) is 0 Å². The highest BCUT2D eigenvalue weighted by atomic mass is 19.2. The lowest BCUT2D eigenvalue weighted by Crippen LogP contribution is -2.42. The maximum absolute atomic E-state index is 13.6. The van der Waals surface area contributed by atoms with Crippen LogP contribution in [0.2, 0.25) is 0 Å². The van der Waals surface area contributed by atoms with Crippen molar-refractivity contribution in [3.05, 3.63) is 29.1 Å². The van der Waals surface area contributed by atoms with E-state index in [2.05, 4.69) is 10.1 Å². The second kappa shape index (κ2) is 28.3. The standard InChI is InChI=1S/C30H47F5N2O11/c1-2-6-40-10-14-44-16-18-46-20-22(21-47-19-17-45-15-13-43-9-5-36)37-23(38)3-7-41-11-12-42-8-4-24(39)48-30-28(34)26(32)25(31)27(33)29(30)35/h22H,2-21,36H2,1H3,(H,37,38). The number of esters is 1. The van der Waals surface area contributed by atoms with Crippen LogP contribution in [0.1, 0.15) is 26.2 Å². The van der Waals surface area contributed by atoms with Crippen LogP contribution in [-0.4, -0.2) is 130 Å². The Morgan fingerprint density at radius 1 is 0.562 bits per heavy atom. The van der Waals surface area contributed by atoms with Crippen molar-refractivity contribution < 1.29 is 74.2 Å². The van der Waals surface area contributed by atoms with Gasteiger partial charge in [0.1, 0.15) is 0 Å². The highest BCUT2D eigenvalue weighted by Crippen LogP contribution is 2.29. The summed E-state index contributed by atoms with van der Waals surface area (Å²) in [7, 11) is 0. The molecule has 1 rings (SSSR count). The molecule has 0 aliphatic heterocycles. The van der Waals surface area contributed by atoms with Gasteiger partial charge in [-0.1, -0.05) is 6.92 Å². The Kier molecular flexibility index (Phi) is 25.6. The van der Waals surface area contributed by atoms with Gasteiger partial charge in [-0.2, -0.15) is 8.78 Å². The minimum Gasteiger partial charge on any atom is -0.420 e. The van der Waals surface area contributed by atoms with Gasteiger partial charge in [0.2, 0.25) is 40.7 Å². The lowest BCUT2D eigenvalue weighted by Gasteiger charge is -2.19. The van der Waals surface area contributed by atoms with Crippen molar-refractivity contribution in [1.82, 2.24) is 5.32 Å². The summed E-state index contributed by atoms with van der Waals surface area (Å²) in [6.45, 7) is 6.80. The number of halogens is 5. The zero-order chi connectivity index (χ0) is 35.4. The first kappa shape index (κ1) is 43.5. The number of amides is 1. The van der Waals surface area contributed by atoms with Crippen LogP contribution in [0.15, 0.2) is 0 Å². The van der Waals surface area contributed by atoms with Crippen molar-refractivity contribution in [3.63, 3.8) is 0 Å². The topological polar surface area (TPSA) is 155 Å². The SMILES string of the molecule is CCCOCCOCCOCC(COCCOCCOCCN)NC(=O)CCOCCOCCC(=O)Oc1c(F)c(F)c(F)c(F)c1F. The van der Waals surface area contributed by atoms with Gasteiger partial charge < -0.3 is 53.7 Å². The van der Waals surface area contributed by atoms with Gasteiger partial charge in [-0.25, -0.2) is 13.2 Å². The average molecular weight is 707 g/mol. The summed E-state index contributed by atoms with van der Waals surface area (Å²) in [4.78, 5) is 24.2. The summed E-state index contributed by atoms with van der Waals surface area (Å²) in [6, 6.07) is -0.453. The molecule has 0 spiro atoms. The first-order valence-corrected chi connectivity index (χ1v) is 15.6. The summed E-state index contributed by atoms with van der Waals surface area (Å²) >= 11 is 0. The average Bonchev–Trinajstić information content (AvgIpc) is 3.07. The summed E-state index contributed by atoms with van der Waals surface area (Å²) in [5, 5.41) is 2.82. The van der Waals surface area contributed by atoms with Crippen molar-refractivity contribution in [2.24, 2.45) is 5.73 Å². The van der Waals surface area contributed by atoms with Gasteiger partial charge in [0.05, 0.1) is 112 Å². The predicted molar refractivity (Wildman–Crippen MR) is 159 cm³/mol. The van der Waals surface area contributed by atoms with E-state index in [1.165, 1.54) is 0 Å². The highest BCUT2D eigenvalue weighted by molar-refractivity contribution is 5.76. The van der Waals surface area contributed by atoms with Crippen molar-refractivity contribution in [3.8, 4) is 5.75 Å². The van der Waals surface area contributed by atoms with E-state index in [-0.39, 0.29) is 52.0 Å². The molecule has 0 heterocycles. The predicted octanol–water partition coefficient (Wildman–Crippen LogP) is 2.05. The van der Waals surface area contributed by atoms with Crippen LogP contribution < -0.4 is 15.8 Å². The molecule has 0 fully saturated rings. The van der Waals surface area contributed by atoms with Gasteiger partial charge in [-0.3, -0.25) is 9.59 Å². The van der Waals surface area contributed by atoms with Crippen molar-refractivity contribution in [2.45, 2.75) is 32.2 Å². The van der Waals surface area contributed by atoms with Crippen LogP contribution in [0.5, 0.6) is 5.75 Å². The number of rotatable bonds is 31. The molecule has 1 aromatic rings. The number of carbonyl (C=O) groups excluding carboxylic acids is 2. The van der Waals surface area contributed by atoms with Crippen molar-refractivity contribution in [1.29, 1.82) is 0 Å². The fraction of sp³-hybridized carbons (Fsp3) is 0.733. The van der Waals surface area contributed by atoms with E-state index in [0.717, 1.165) is 6.42 Å². The maximum Gasteiger partial charge on any atom is 0.313 e. The Balaban J connectivity index is 2.27. The summed E-state index contributed by atoms with van der Waals surface area (Å²) in [6.07, 6.45) is 0.405. The Hall–Kier alpha value is -2.55. The van der Waals surface area contributed by atoms with Crippen molar-refractivity contribution in [2.75, 3.05) is 112 Å². The molecule has 0 radical (unpaired) electrons. The fourth-order valence-electron chi connectivity index (χ4n) is 3.47. The number of carbonyl (C=O) groups is 2. The lowest BCUT2D eigenvalue weighted by molar-refractivity contribution is -0.136. The van der Waals surface area contributed by atoms with Gasteiger partial charge in [0, 0.05) is 19.6 Å². The minimum atomic E-state index is -2.37. The number of hydrogen-bond donors (Lipinski definition) is 2. The van der Waals surface area contributed by atoms with Crippen LogP contribution in [0, 0.1) is 29.1 Å². The molecule has 0 bridgehead atoms. The summed E-state index contributed by atoms with van der Waals surface area (Å²) in [5.41, 5.74) is 5.35. The molecule has 1 aromatic carbocycles. The Morgan fingerprint density at radius 2 is 0.958 bits per heavy atom. The van der Waals surface area contributed by atoms with E-state index in [0.29, 0.717) is 72.6 Å². The van der Waals surface area contributed by atoms with Crippen LogP contribution in [0.25, 0.3) is 0 Å². The van der Waals surface area contributed by atoms with Crippen LogP contribution >= 0.6 is 0 Å². The van der Waals surface area contributed by atoms with Gasteiger partial charge in [0.15, 0.2) is 0 Å². The number of ether oxygens (including phenoxy) is 9. The van der Waals surface area contributed by atoms with E-state index in [1.54, 1.807) is 0 Å². The molecule has 0 saturated heterocycles. The molecule has 0 aliphatic carbocycles. The van der Waals surface area contributed by atoms with E-state index in [1.807, 2.05) is 6.92 Å². The molecule has 3 N–H and O–H groups in total. The minimum absolute atomic E-state index is 0.0114. The number of hydrogen-bond acceptors (Lipinski definition) is 12. The fourth-order valence-corrected chi connectivity index (χ4v) is 3.47. The van der Waals surface area contributed by atoms with E-state index in [4.69, 9.17) is 43.6 Å². The molecule has 0 aromatic heterocycles. The molecule has 0 aliphatic rings. The first-order valence-electron chi connectivity index (χ1n) is 15.6. The largest absolute Gasteiger partial charge is 0.420 e. The molecule has 13 nitrogen and oxygen atoms in total. The molecular weight excluding hydrogens is 659 g/mol. The highest BCUT2D eigenvalue weighted by Gasteiger charge is 2.28. The number of nitrogens with two attached hydrogens (primary N) is 1. The van der Waals surface area contributed by atoms with Crippen LogP contribution in [-0.2, 0) is 47.5 Å². The van der Waals surface area contributed by atoms with Crippen LogP contribution in [0.3, 0.4) is 0 Å². The Morgan fingerprint density at radius 3 is 1.44 bits per heavy atom. The maximum atomic E-state index is 13.6. The first-order chi connectivity index (χ1) is 23.2. The van der Waals surface area contributed by atoms with Crippen LogP contribution in [0.4, 0.5) is 22.0 Å².